The summed E-state index contributed by atoms with van der Waals surface area (Å²) in [6.07, 6.45) is 5.88. The minimum atomic E-state index is -3.98. The highest BCUT2D eigenvalue weighted by atomic mass is 35.5. The third-order valence-electron chi connectivity index (χ3n) is 5.72. The van der Waals surface area contributed by atoms with Crippen molar-refractivity contribution in [1.29, 1.82) is 5.26 Å². The van der Waals surface area contributed by atoms with Gasteiger partial charge in [0.1, 0.15) is 10.9 Å². The zero-order chi connectivity index (χ0) is 25.3. The maximum absolute atomic E-state index is 13.8. The zero-order valence-electron chi connectivity index (χ0n) is 19.5. The topological polar surface area (TPSA) is 94.0 Å². The number of rotatable bonds is 4. The van der Waals surface area contributed by atoms with Crippen molar-refractivity contribution in [2.45, 2.75) is 37.2 Å². The first-order valence-electron chi connectivity index (χ1n) is 10.7. The third-order valence-corrected chi connectivity index (χ3v) is 8.40. The first-order valence-corrected chi connectivity index (χ1v) is 13.0. The standard InChI is InChI=1S/C23H28Cl2N4O4S/c1-22(2,3)33-21(30)28-9-11-29(12-10-28)34(31,32)20-7-5-6-8-23(20,16-26)27(4)19-14-17(24)13-18(25)15-19/h5-8,13-15,20H,9-12H2,1-4H3. The smallest absolute Gasteiger partial charge is 0.410 e. The molecule has 1 aromatic carbocycles. The van der Waals surface area contributed by atoms with Gasteiger partial charge in [-0.25, -0.2) is 13.2 Å². The molecule has 0 spiro atoms. The molecule has 1 heterocycles. The largest absolute Gasteiger partial charge is 0.444 e. The second kappa shape index (κ2) is 9.78. The van der Waals surface area contributed by atoms with Crippen molar-refractivity contribution in [2.24, 2.45) is 0 Å². The van der Waals surface area contributed by atoms with Crippen LogP contribution in [0.3, 0.4) is 0 Å². The Morgan fingerprint density at radius 1 is 1.15 bits per heavy atom. The Morgan fingerprint density at radius 2 is 1.74 bits per heavy atom. The fourth-order valence-corrected chi connectivity index (χ4v) is 6.51. The lowest BCUT2D eigenvalue weighted by Gasteiger charge is -2.43. The summed E-state index contributed by atoms with van der Waals surface area (Å²) < 4.78 is 34.3. The predicted molar refractivity (Wildman–Crippen MR) is 134 cm³/mol. The van der Waals surface area contributed by atoms with Crippen LogP contribution in [0.15, 0.2) is 42.5 Å². The van der Waals surface area contributed by atoms with E-state index in [1.54, 1.807) is 69.1 Å². The van der Waals surface area contributed by atoms with Crippen molar-refractivity contribution in [3.05, 3.63) is 52.5 Å². The van der Waals surface area contributed by atoms with Gasteiger partial charge in [-0.1, -0.05) is 41.4 Å². The van der Waals surface area contributed by atoms with Crippen molar-refractivity contribution in [3.8, 4) is 6.07 Å². The molecule has 0 radical (unpaired) electrons. The Balaban J connectivity index is 1.87. The van der Waals surface area contributed by atoms with E-state index in [4.69, 9.17) is 27.9 Å². The van der Waals surface area contributed by atoms with Crippen LogP contribution < -0.4 is 4.90 Å². The molecular formula is C23H28Cl2N4O4S. The molecule has 0 aromatic heterocycles. The number of amides is 1. The minimum absolute atomic E-state index is 0.101. The summed E-state index contributed by atoms with van der Waals surface area (Å²) in [6.45, 7) is 5.92. The zero-order valence-corrected chi connectivity index (χ0v) is 21.9. The average Bonchev–Trinajstić information content (AvgIpc) is 2.76. The predicted octanol–water partition coefficient (Wildman–Crippen LogP) is 4.07. The molecule has 1 saturated heterocycles. The third kappa shape index (κ3) is 5.36. The van der Waals surface area contributed by atoms with Gasteiger partial charge in [0.15, 0.2) is 5.54 Å². The molecule has 0 saturated carbocycles. The highest BCUT2D eigenvalue weighted by molar-refractivity contribution is 7.90. The van der Waals surface area contributed by atoms with Gasteiger partial charge >= 0.3 is 6.09 Å². The van der Waals surface area contributed by atoms with Gasteiger partial charge in [-0.3, -0.25) is 0 Å². The number of carbonyl (C=O) groups is 1. The number of hydrogen-bond acceptors (Lipinski definition) is 6. The molecule has 1 fully saturated rings. The molecule has 2 atom stereocenters. The molecule has 1 aromatic rings. The summed E-state index contributed by atoms with van der Waals surface area (Å²) in [5, 5.41) is 9.82. The van der Waals surface area contributed by atoms with Gasteiger partial charge in [0.05, 0.1) is 6.07 Å². The molecule has 0 N–H and O–H groups in total. The van der Waals surface area contributed by atoms with Gasteiger partial charge in [0.2, 0.25) is 10.0 Å². The second-order valence-corrected chi connectivity index (χ2v) is 12.1. The lowest BCUT2D eigenvalue weighted by atomic mass is 9.90. The van der Waals surface area contributed by atoms with Crippen LogP contribution in [0.25, 0.3) is 0 Å². The fourth-order valence-electron chi connectivity index (χ4n) is 3.97. The molecule has 0 bridgehead atoms. The molecule has 8 nitrogen and oxygen atoms in total. The Bertz CT molecular complexity index is 1130. The van der Waals surface area contributed by atoms with E-state index < -0.39 is 32.5 Å². The van der Waals surface area contributed by atoms with Crippen LogP contribution in [-0.4, -0.2) is 73.3 Å². The number of hydrogen-bond donors (Lipinski definition) is 0. The van der Waals surface area contributed by atoms with Crippen LogP contribution in [0.1, 0.15) is 20.8 Å². The highest BCUT2D eigenvalue weighted by Crippen LogP contribution is 2.36. The van der Waals surface area contributed by atoms with Gasteiger partial charge in [-0.2, -0.15) is 9.57 Å². The number of halogens is 2. The normalized spacial score (nSPS) is 23.4. The summed E-state index contributed by atoms with van der Waals surface area (Å²) in [5.74, 6) is 0. The maximum Gasteiger partial charge on any atom is 0.410 e. The number of benzene rings is 1. The number of nitrogens with zero attached hydrogens (tertiary/aromatic N) is 4. The van der Waals surface area contributed by atoms with Crippen LogP contribution in [0.4, 0.5) is 10.5 Å². The number of anilines is 1. The van der Waals surface area contributed by atoms with Crippen molar-refractivity contribution in [2.75, 3.05) is 38.1 Å². The molecule has 1 amide bonds. The molecule has 184 valence electrons. The fraction of sp³-hybridized carbons (Fsp3) is 0.478. The van der Waals surface area contributed by atoms with Gasteiger partial charge in [-0.15, -0.1) is 0 Å². The molecule has 11 heteroatoms. The van der Waals surface area contributed by atoms with Crippen molar-refractivity contribution >= 4 is 45.0 Å². The minimum Gasteiger partial charge on any atom is -0.444 e. The van der Waals surface area contributed by atoms with Crippen molar-refractivity contribution in [1.82, 2.24) is 9.21 Å². The summed E-state index contributed by atoms with van der Waals surface area (Å²) in [7, 11) is -2.34. The number of piperazine rings is 1. The molecule has 2 aliphatic rings. The van der Waals surface area contributed by atoms with Crippen LogP contribution in [0.5, 0.6) is 0 Å². The maximum atomic E-state index is 13.8. The van der Waals surface area contributed by atoms with Crippen LogP contribution in [-0.2, 0) is 14.8 Å². The summed E-state index contributed by atoms with van der Waals surface area (Å²) in [5.41, 5.74) is -1.67. The first kappa shape index (κ1) is 26.4. The lowest BCUT2D eigenvalue weighted by Crippen LogP contribution is -2.61. The molecule has 1 aliphatic carbocycles. The Hall–Kier alpha value is -2.25. The van der Waals surface area contributed by atoms with E-state index in [1.807, 2.05) is 0 Å². The van der Waals surface area contributed by atoms with E-state index in [2.05, 4.69) is 6.07 Å². The summed E-state index contributed by atoms with van der Waals surface area (Å²) in [4.78, 5) is 15.4. The van der Waals surface area contributed by atoms with Gasteiger partial charge in [-0.05, 0) is 45.0 Å². The summed E-state index contributed by atoms with van der Waals surface area (Å²) in [6, 6.07) is 7.03. The number of nitriles is 1. The lowest BCUT2D eigenvalue weighted by molar-refractivity contribution is 0.0192. The molecule has 2 unspecified atom stereocenters. The molecule has 34 heavy (non-hydrogen) atoms. The number of sulfonamides is 1. The Morgan fingerprint density at radius 3 is 2.26 bits per heavy atom. The van der Waals surface area contributed by atoms with Crippen LogP contribution in [0, 0.1) is 11.3 Å². The highest BCUT2D eigenvalue weighted by Gasteiger charge is 2.50. The van der Waals surface area contributed by atoms with Crippen molar-refractivity contribution in [3.63, 3.8) is 0 Å². The first-order chi connectivity index (χ1) is 15.8. The Kier molecular flexibility index (Phi) is 7.58. The number of carbonyl (C=O) groups excluding carboxylic acids is 1. The molecular weight excluding hydrogens is 499 g/mol. The van der Waals surface area contributed by atoms with E-state index in [0.717, 1.165) is 0 Å². The van der Waals surface area contributed by atoms with E-state index in [0.29, 0.717) is 15.7 Å². The average molecular weight is 527 g/mol. The van der Waals surface area contributed by atoms with Crippen LogP contribution >= 0.6 is 23.2 Å². The summed E-state index contributed by atoms with van der Waals surface area (Å²) >= 11 is 12.3. The van der Waals surface area contributed by atoms with Gasteiger partial charge in [0, 0.05) is 49.0 Å². The van der Waals surface area contributed by atoms with Gasteiger partial charge < -0.3 is 14.5 Å². The Labute approximate surface area is 211 Å². The van der Waals surface area contributed by atoms with E-state index in [9.17, 15) is 18.5 Å². The SMILES string of the molecule is CN(c1cc(Cl)cc(Cl)c1)C1(C#N)C=CC=CC1S(=O)(=O)N1CCN(C(=O)OC(C)(C)C)CC1. The molecule has 1 aliphatic heterocycles. The molecule has 3 rings (SSSR count). The van der Waals surface area contributed by atoms with E-state index in [1.165, 1.54) is 15.3 Å². The van der Waals surface area contributed by atoms with Gasteiger partial charge in [0.25, 0.3) is 0 Å². The monoisotopic (exact) mass is 526 g/mol. The van der Waals surface area contributed by atoms with E-state index >= 15 is 0 Å². The van der Waals surface area contributed by atoms with E-state index in [-0.39, 0.29) is 26.2 Å². The number of ether oxygens (including phenoxy) is 1. The van der Waals surface area contributed by atoms with Crippen LogP contribution in [0.2, 0.25) is 10.0 Å². The number of likely N-dealkylation sites (N-methyl/N-ethyl adjacent to an activating group) is 1. The second-order valence-electron chi connectivity index (χ2n) is 9.20. The van der Waals surface area contributed by atoms with Crippen molar-refractivity contribution < 1.29 is 17.9 Å². The number of allylic oxidation sites excluding steroid dienone is 2. The quantitative estimate of drug-likeness (QED) is 0.586.